The Morgan fingerprint density at radius 3 is 2.56 bits per heavy atom. The molecule has 0 bridgehead atoms. The molecule has 2 nitrogen and oxygen atoms in total. The van der Waals surface area contributed by atoms with Crippen molar-refractivity contribution < 1.29 is 9.50 Å². The number of fused-ring (bicyclic) bond motifs is 1. The fourth-order valence-electron chi connectivity index (χ4n) is 2.29. The topological polar surface area (TPSA) is 33.1 Å². The Hall–Kier alpha value is -1.64. The number of aryl methyl sites for hydroxylation is 1. The van der Waals surface area contributed by atoms with Crippen LogP contribution in [-0.4, -0.2) is 10.1 Å². The average Bonchev–Trinajstić information content (AvgIpc) is 3.16. The summed E-state index contributed by atoms with van der Waals surface area (Å²) in [5.41, 5.74) is 2.35. The average molecular weight is 247 g/mol. The second-order valence-electron chi connectivity index (χ2n) is 4.45. The summed E-state index contributed by atoms with van der Waals surface area (Å²) >= 11 is 0. The van der Waals surface area contributed by atoms with Crippen molar-refractivity contribution in [2.24, 2.45) is 0 Å². The molecule has 1 saturated carbocycles. The lowest BCUT2D eigenvalue weighted by Crippen LogP contribution is -1.94. The number of phenolic OH excluding ortho intramolecular Hbond substituents is 1. The molecular formula is C15H18FNO. The number of aromatic hydroxyl groups is 1. The van der Waals surface area contributed by atoms with Crippen molar-refractivity contribution in [3.63, 3.8) is 0 Å². The minimum absolute atomic E-state index is 0.186. The zero-order valence-electron chi connectivity index (χ0n) is 11.0. The van der Waals surface area contributed by atoms with Crippen molar-refractivity contribution in [3.05, 3.63) is 35.3 Å². The van der Waals surface area contributed by atoms with Crippen molar-refractivity contribution in [2.75, 3.05) is 0 Å². The van der Waals surface area contributed by atoms with Crippen LogP contribution in [0.1, 0.15) is 43.7 Å². The van der Waals surface area contributed by atoms with Crippen LogP contribution in [0, 0.1) is 12.7 Å². The second-order valence-corrected chi connectivity index (χ2v) is 4.45. The van der Waals surface area contributed by atoms with Crippen LogP contribution in [0.4, 0.5) is 4.39 Å². The number of rotatable bonds is 1. The van der Waals surface area contributed by atoms with Gasteiger partial charge in [-0.15, -0.1) is 0 Å². The van der Waals surface area contributed by atoms with Gasteiger partial charge in [-0.2, -0.15) is 0 Å². The molecule has 0 saturated heterocycles. The number of pyridine rings is 1. The number of hydrogen-bond acceptors (Lipinski definition) is 2. The van der Waals surface area contributed by atoms with Crippen LogP contribution in [-0.2, 0) is 0 Å². The first-order valence-corrected chi connectivity index (χ1v) is 6.44. The van der Waals surface area contributed by atoms with E-state index in [1.54, 1.807) is 12.1 Å². The first kappa shape index (κ1) is 12.8. The highest BCUT2D eigenvalue weighted by atomic mass is 19.1. The summed E-state index contributed by atoms with van der Waals surface area (Å²) in [6, 6.07) is 3.25. The Morgan fingerprint density at radius 2 is 1.94 bits per heavy atom. The van der Waals surface area contributed by atoms with Gasteiger partial charge in [0.05, 0.1) is 11.7 Å². The van der Waals surface area contributed by atoms with E-state index in [0.717, 1.165) is 29.4 Å². The number of nitrogens with zero attached hydrogens (tertiary/aromatic N) is 1. The fraction of sp³-hybridized carbons (Fsp3) is 0.400. The zero-order chi connectivity index (χ0) is 13.3. The van der Waals surface area contributed by atoms with Crippen molar-refractivity contribution in [1.29, 1.82) is 0 Å². The molecule has 3 rings (SSSR count). The van der Waals surface area contributed by atoms with Crippen LogP contribution in [0.3, 0.4) is 0 Å². The Morgan fingerprint density at radius 1 is 1.28 bits per heavy atom. The van der Waals surface area contributed by atoms with Crippen LogP contribution in [0.2, 0.25) is 0 Å². The van der Waals surface area contributed by atoms with Crippen LogP contribution in [0.25, 0.3) is 10.9 Å². The summed E-state index contributed by atoms with van der Waals surface area (Å²) < 4.78 is 13.8. The van der Waals surface area contributed by atoms with E-state index in [1.807, 2.05) is 20.8 Å². The molecule has 1 heterocycles. The molecule has 96 valence electrons. The van der Waals surface area contributed by atoms with Crippen LogP contribution >= 0.6 is 0 Å². The van der Waals surface area contributed by atoms with Crippen LogP contribution in [0.5, 0.6) is 5.75 Å². The number of benzene rings is 1. The van der Waals surface area contributed by atoms with Gasteiger partial charge in [-0.05, 0) is 37.3 Å². The molecule has 1 N–H and O–H groups in total. The molecule has 0 unspecified atom stereocenters. The van der Waals surface area contributed by atoms with Gasteiger partial charge in [0, 0.05) is 17.0 Å². The smallest absolute Gasteiger partial charge is 0.145 e. The van der Waals surface area contributed by atoms with E-state index in [2.05, 4.69) is 4.98 Å². The molecule has 0 amide bonds. The van der Waals surface area contributed by atoms with Crippen LogP contribution in [0.15, 0.2) is 18.3 Å². The third-order valence-electron chi connectivity index (χ3n) is 3.13. The lowest BCUT2D eigenvalue weighted by molar-refractivity contribution is 0.475. The van der Waals surface area contributed by atoms with Gasteiger partial charge in [0.2, 0.25) is 0 Å². The number of aromatic nitrogens is 1. The van der Waals surface area contributed by atoms with Crippen molar-refractivity contribution in [1.82, 2.24) is 4.98 Å². The SMILES string of the molecule is CC.Cc1cc(O)cc2ncc(F)c(C3CC3)c12. The lowest BCUT2D eigenvalue weighted by Gasteiger charge is -2.09. The first-order valence-electron chi connectivity index (χ1n) is 6.44. The predicted molar refractivity (Wildman–Crippen MR) is 71.4 cm³/mol. The summed E-state index contributed by atoms with van der Waals surface area (Å²) in [4.78, 5) is 4.04. The van der Waals surface area contributed by atoms with E-state index in [9.17, 15) is 9.50 Å². The Kier molecular flexibility index (Phi) is 3.50. The van der Waals surface area contributed by atoms with Gasteiger partial charge >= 0.3 is 0 Å². The van der Waals surface area contributed by atoms with Gasteiger partial charge in [0.1, 0.15) is 11.6 Å². The molecule has 18 heavy (non-hydrogen) atoms. The van der Waals surface area contributed by atoms with E-state index in [0.29, 0.717) is 11.4 Å². The van der Waals surface area contributed by atoms with Crippen LogP contribution < -0.4 is 0 Å². The quantitative estimate of drug-likeness (QED) is 0.815. The van der Waals surface area contributed by atoms with E-state index in [4.69, 9.17) is 0 Å². The molecule has 2 aromatic rings. The predicted octanol–water partition coefficient (Wildman–Crippen LogP) is 4.29. The molecule has 0 atom stereocenters. The van der Waals surface area contributed by atoms with Gasteiger partial charge in [0.25, 0.3) is 0 Å². The maximum atomic E-state index is 13.8. The Labute approximate surface area is 106 Å². The van der Waals surface area contributed by atoms with Gasteiger partial charge in [-0.3, -0.25) is 4.98 Å². The van der Waals surface area contributed by atoms with E-state index in [1.165, 1.54) is 6.20 Å². The normalized spacial score (nSPS) is 14.2. The summed E-state index contributed by atoms with van der Waals surface area (Å²) in [6.45, 7) is 5.88. The van der Waals surface area contributed by atoms with E-state index >= 15 is 0 Å². The highest BCUT2D eigenvalue weighted by Gasteiger charge is 2.29. The molecule has 0 radical (unpaired) electrons. The van der Waals surface area contributed by atoms with E-state index in [-0.39, 0.29) is 11.6 Å². The maximum absolute atomic E-state index is 13.8. The largest absolute Gasteiger partial charge is 0.508 e. The molecule has 0 aliphatic heterocycles. The first-order chi connectivity index (χ1) is 8.66. The highest BCUT2D eigenvalue weighted by Crippen LogP contribution is 2.45. The zero-order valence-corrected chi connectivity index (χ0v) is 11.0. The molecule has 1 aliphatic rings. The summed E-state index contributed by atoms with van der Waals surface area (Å²) in [5.74, 6) is 0.309. The summed E-state index contributed by atoms with van der Waals surface area (Å²) in [6.07, 6.45) is 3.36. The van der Waals surface area contributed by atoms with Crippen molar-refractivity contribution >= 4 is 10.9 Å². The third kappa shape index (κ3) is 2.17. The maximum Gasteiger partial charge on any atom is 0.145 e. The summed E-state index contributed by atoms with van der Waals surface area (Å²) in [5, 5.41) is 10.4. The van der Waals surface area contributed by atoms with Gasteiger partial charge in [0.15, 0.2) is 0 Å². The molecular weight excluding hydrogens is 229 g/mol. The number of hydrogen-bond donors (Lipinski definition) is 1. The highest BCUT2D eigenvalue weighted by molar-refractivity contribution is 5.87. The van der Waals surface area contributed by atoms with Crippen molar-refractivity contribution in [2.45, 2.75) is 39.5 Å². The monoisotopic (exact) mass is 247 g/mol. The molecule has 1 aliphatic carbocycles. The van der Waals surface area contributed by atoms with Gasteiger partial charge in [-0.25, -0.2) is 4.39 Å². The number of halogens is 1. The second kappa shape index (κ2) is 4.92. The number of phenols is 1. The molecule has 0 spiro atoms. The van der Waals surface area contributed by atoms with Gasteiger partial charge in [-0.1, -0.05) is 13.8 Å². The molecule has 1 aromatic carbocycles. The van der Waals surface area contributed by atoms with Gasteiger partial charge < -0.3 is 5.11 Å². The Bertz CT molecular complexity index is 576. The summed E-state index contributed by atoms with van der Waals surface area (Å²) in [7, 11) is 0. The van der Waals surface area contributed by atoms with Crippen molar-refractivity contribution in [3.8, 4) is 5.75 Å². The molecule has 1 fully saturated rings. The Balaban J connectivity index is 0.000000574. The minimum Gasteiger partial charge on any atom is -0.508 e. The fourth-order valence-corrected chi connectivity index (χ4v) is 2.29. The third-order valence-corrected chi connectivity index (χ3v) is 3.13. The molecule has 1 aromatic heterocycles. The lowest BCUT2D eigenvalue weighted by atomic mass is 10.00. The minimum atomic E-state index is -0.219. The molecule has 3 heteroatoms. The standard InChI is InChI=1S/C13H12FNO.C2H6/c1-7-4-9(16)5-11-12(7)13(8-2-3-8)10(14)6-15-11;1-2/h4-6,8,16H,2-3H2,1H3;1-2H3. The van der Waals surface area contributed by atoms with E-state index < -0.39 is 0 Å².